The maximum atomic E-state index is 12.8. The zero-order valence-corrected chi connectivity index (χ0v) is 24.8. The molecule has 2 N–H and O–H groups in total. The Morgan fingerprint density at radius 1 is 0.773 bits per heavy atom. The van der Waals surface area contributed by atoms with Gasteiger partial charge in [0, 0.05) is 30.8 Å². The van der Waals surface area contributed by atoms with Crippen LogP contribution in [0.5, 0.6) is 0 Å². The highest BCUT2D eigenvalue weighted by Gasteiger charge is 2.30. The monoisotopic (exact) mass is 586 g/mol. The van der Waals surface area contributed by atoms with E-state index in [1.165, 1.54) is 17.4 Å². The second kappa shape index (κ2) is 15.0. The van der Waals surface area contributed by atoms with Crippen LogP contribution in [-0.2, 0) is 20.9 Å². The number of carbonyl (C=O) groups excluding carboxylic acids is 2. The topological polar surface area (TPSA) is 86.7 Å². The van der Waals surface area contributed by atoms with Crippen molar-refractivity contribution in [2.45, 2.75) is 44.6 Å². The van der Waals surface area contributed by atoms with E-state index in [-0.39, 0.29) is 18.4 Å². The molecule has 1 saturated carbocycles. The van der Waals surface area contributed by atoms with E-state index >= 15 is 0 Å². The molecule has 0 radical (unpaired) electrons. The Morgan fingerprint density at radius 2 is 1.39 bits per heavy atom. The van der Waals surface area contributed by atoms with Gasteiger partial charge in [-0.15, -0.1) is 0 Å². The van der Waals surface area contributed by atoms with Crippen molar-refractivity contribution in [1.82, 2.24) is 4.90 Å². The van der Waals surface area contributed by atoms with Crippen LogP contribution >= 0.6 is 0 Å². The highest BCUT2D eigenvalue weighted by Crippen LogP contribution is 2.37. The van der Waals surface area contributed by atoms with Gasteiger partial charge in [0.1, 0.15) is 0 Å². The number of carboxylic acid groups (broad SMARTS) is 1. The second-order valence-electron chi connectivity index (χ2n) is 11.4. The SMILES string of the molecule is O=C(/C=C/c1ccc(C(CN(Cc2ccccc2)C(=O)C(=O)O)C2CCCCC2)cc1)Nc1ccc(-c2ccccc2)cc1. The van der Waals surface area contributed by atoms with Crippen LogP contribution < -0.4 is 5.32 Å². The van der Waals surface area contributed by atoms with Crippen LogP contribution in [-0.4, -0.2) is 34.3 Å². The summed E-state index contributed by atoms with van der Waals surface area (Å²) in [5, 5.41) is 12.5. The van der Waals surface area contributed by atoms with E-state index < -0.39 is 11.9 Å². The minimum absolute atomic E-state index is 0.0162. The molecule has 1 aliphatic rings. The van der Waals surface area contributed by atoms with Crippen molar-refractivity contribution in [1.29, 1.82) is 0 Å². The lowest BCUT2D eigenvalue weighted by Crippen LogP contribution is -2.40. The molecule has 1 atom stereocenters. The lowest BCUT2D eigenvalue weighted by Gasteiger charge is -2.34. The number of hydrogen-bond donors (Lipinski definition) is 2. The van der Waals surface area contributed by atoms with Crippen molar-refractivity contribution in [3.8, 4) is 11.1 Å². The first kappa shape index (κ1) is 30.5. The molecule has 0 bridgehead atoms. The van der Waals surface area contributed by atoms with Crippen LogP contribution in [0.4, 0.5) is 5.69 Å². The normalized spacial score (nSPS) is 14.2. The van der Waals surface area contributed by atoms with Gasteiger partial charge in [-0.2, -0.15) is 0 Å². The Hall–Kier alpha value is -4.97. The first-order chi connectivity index (χ1) is 21.5. The molecule has 2 amide bonds. The molecule has 224 valence electrons. The Labute approximate surface area is 259 Å². The van der Waals surface area contributed by atoms with Gasteiger partial charge in [-0.25, -0.2) is 4.79 Å². The average Bonchev–Trinajstić information content (AvgIpc) is 3.07. The van der Waals surface area contributed by atoms with E-state index in [2.05, 4.69) is 17.4 Å². The van der Waals surface area contributed by atoms with Crippen molar-refractivity contribution in [3.05, 3.63) is 132 Å². The van der Waals surface area contributed by atoms with Crippen LogP contribution in [0, 0.1) is 5.92 Å². The number of carbonyl (C=O) groups is 3. The van der Waals surface area contributed by atoms with Gasteiger partial charge in [-0.3, -0.25) is 9.59 Å². The molecule has 1 fully saturated rings. The highest BCUT2D eigenvalue weighted by atomic mass is 16.4. The van der Waals surface area contributed by atoms with Crippen molar-refractivity contribution in [2.24, 2.45) is 5.92 Å². The van der Waals surface area contributed by atoms with Gasteiger partial charge < -0.3 is 15.3 Å². The fourth-order valence-corrected chi connectivity index (χ4v) is 6.05. The molecule has 0 spiro atoms. The number of aliphatic carboxylic acids is 1. The van der Waals surface area contributed by atoms with Gasteiger partial charge in [0.05, 0.1) is 0 Å². The molecule has 1 aliphatic carbocycles. The standard InChI is InChI=1S/C38H38N2O4/c41-36(39-34-23-21-31(22-24-34)30-12-6-2-7-13-30)25-18-28-16-19-33(20-17-28)35(32-14-8-3-9-15-32)27-40(37(42)38(43)44)26-29-10-4-1-5-11-29/h1-2,4-7,10-13,16-25,32,35H,3,8-9,14-15,26-27H2,(H,39,41)(H,43,44)/b25-18+. The van der Waals surface area contributed by atoms with Crippen molar-refractivity contribution >= 4 is 29.5 Å². The number of hydrogen-bond acceptors (Lipinski definition) is 3. The molecule has 4 aromatic rings. The molecule has 6 heteroatoms. The van der Waals surface area contributed by atoms with E-state index in [9.17, 15) is 19.5 Å². The van der Waals surface area contributed by atoms with Crippen molar-refractivity contribution < 1.29 is 19.5 Å². The fourth-order valence-electron chi connectivity index (χ4n) is 6.05. The number of benzene rings is 4. The van der Waals surface area contributed by atoms with Crippen LogP contribution in [0.1, 0.15) is 54.7 Å². The van der Waals surface area contributed by atoms with E-state index in [4.69, 9.17) is 0 Å². The van der Waals surface area contributed by atoms with Gasteiger partial charge >= 0.3 is 11.9 Å². The summed E-state index contributed by atoms with van der Waals surface area (Å²) in [6.45, 7) is 0.589. The molecule has 0 aromatic heterocycles. The molecule has 0 aliphatic heterocycles. The van der Waals surface area contributed by atoms with Gasteiger partial charge in [-0.05, 0) is 64.8 Å². The summed E-state index contributed by atoms with van der Waals surface area (Å²) >= 11 is 0. The van der Waals surface area contributed by atoms with Gasteiger partial charge in [-0.1, -0.05) is 116 Å². The Bertz CT molecular complexity index is 1560. The fraction of sp³-hybridized carbons (Fsp3) is 0.237. The summed E-state index contributed by atoms with van der Waals surface area (Å²) in [6, 6.07) is 35.4. The predicted octanol–water partition coefficient (Wildman–Crippen LogP) is 7.78. The summed E-state index contributed by atoms with van der Waals surface area (Å²) in [4.78, 5) is 38.6. The Morgan fingerprint density at radius 3 is 2.02 bits per heavy atom. The average molecular weight is 587 g/mol. The van der Waals surface area contributed by atoms with Gasteiger partial charge in [0.25, 0.3) is 0 Å². The zero-order chi connectivity index (χ0) is 30.7. The minimum atomic E-state index is -1.44. The molecule has 5 rings (SSSR count). The first-order valence-corrected chi connectivity index (χ1v) is 15.3. The Balaban J connectivity index is 1.27. The van der Waals surface area contributed by atoms with E-state index in [0.29, 0.717) is 12.5 Å². The van der Waals surface area contributed by atoms with Crippen LogP contribution in [0.25, 0.3) is 17.2 Å². The third-order valence-electron chi connectivity index (χ3n) is 8.37. The lowest BCUT2D eigenvalue weighted by molar-refractivity contribution is -0.156. The molecule has 44 heavy (non-hydrogen) atoms. The number of carboxylic acids is 1. The minimum Gasteiger partial charge on any atom is -0.474 e. The van der Waals surface area contributed by atoms with Crippen LogP contribution in [0.3, 0.4) is 0 Å². The quantitative estimate of drug-likeness (QED) is 0.147. The largest absolute Gasteiger partial charge is 0.474 e. The molecular formula is C38H38N2O4. The van der Waals surface area contributed by atoms with Crippen molar-refractivity contribution in [3.63, 3.8) is 0 Å². The number of nitrogens with zero attached hydrogens (tertiary/aromatic N) is 1. The summed E-state index contributed by atoms with van der Waals surface area (Å²) in [5.41, 5.74) is 5.79. The maximum Gasteiger partial charge on any atom is 0.394 e. The molecule has 1 unspecified atom stereocenters. The van der Waals surface area contributed by atoms with E-state index in [1.54, 1.807) is 6.08 Å². The number of anilines is 1. The van der Waals surface area contributed by atoms with Crippen LogP contribution in [0.15, 0.2) is 115 Å². The Kier molecular flexibility index (Phi) is 10.4. The molecular weight excluding hydrogens is 548 g/mol. The molecule has 0 saturated heterocycles. The highest BCUT2D eigenvalue weighted by molar-refractivity contribution is 6.31. The lowest BCUT2D eigenvalue weighted by atomic mass is 9.76. The second-order valence-corrected chi connectivity index (χ2v) is 11.4. The summed E-state index contributed by atoms with van der Waals surface area (Å²) < 4.78 is 0. The number of amides is 2. The van der Waals surface area contributed by atoms with Crippen LogP contribution in [0.2, 0.25) is 0 Å². The maximum absolute atomic E-state index is 12.8. The van der Waals surface area contributed by atoms with E-state index in [0.717, 1.165) is 59.2 Å². The zero-order valence-electron chi connectivity index (χ0n) is 24.8. The van der Waals surface area contributed by atoms with Gasteiger partial charge in [0.2, 0.25) is 5.91 Å². The first-order valence-electron chi connectivity index (χ1n) is 15.3. The smallest absolute Gasteiger partial charge is 0.394 e. The predicted molar refractivity (Wildman–Crippen MR) is 175 cm³/mol. The third kappa shape index (κ3) is 8.32. The third-order valence-corrected chi connectivity index (χ3v) is 8.37. The number of rotatable bonds is 10. The summed E-state index contributed by atoms with van der Waals surface area (Å²) in [7, 11) is 0. The van der Waals surface area contributed by atoms with E-state index in [1.807, 2.05) is 97.1 Å². The summed E-state index contributed by atoms with van der Waals surface area (Å²) in [6.07, 6.45) is 8.89. The summed E-state index contributed by atoms with van der Waals surface area (Å²) in [5.74, 6) is -2.15. The molecule has 0 heterocycles. The van der Waals surface area contributed by atoms with Gasteiger partial charge in [0.15, 0.2) is 0 Å². The number of nitrogens with one attached hydrogen (secondary N) is 1. The molecule has 4 aromatic carbocycles. The van der Waals surface area contributed by atoms with Crippen molar-refractivity contribution in [2.75, 3.05) is 11.9 Å². The molecule has 6 nitrogen and oxygen atoms in total.